The van der Waals surface area contributed by atoms with E-state index in [-0.39, 0.29) is 5.41 Å². The lowest BCUT2D eigenvalue weighted by Gasteiger charge is -2.31. The molecule has 1 aliphatic heterocycles. The highest BCUT2D eigenvalue weighted by atomic mass is 16.5. The van der Waals surface area contributed by atoms with Crippen molar-refractivity contribution in [2.75, 3.05) is 18.5 Å². The van der Waals surface area contributed by atoms with E-state index in [4.69, 9.17) is 4.74 Å². The lowest BCUT2D eigenvalue weighted by Crippen LogP contribution is -2.34. The third-order valence-corrected chi connectivity index (χ3v) is 3.16. The topological polar surface area (TPSA) is 47.0 Å². The normalized spacial score (nSPS) is 24.9. The Bertz CT molecular complexity index is 347. The van der Waals surface area contributed by atoms with E-state index < -0.39 is 0 Å². The molecule has 1 aromatic rings. The molecule has 2 atom stereocenters. The average molecular weight is 235 g/mol. The highest BCUT2D eigenvalue weighted by Crippen LogP contribution is 2.34. The number of hydrogen-bond acceptors (Lipinski definition) is 4. The van der Waals surface area contributed by atoms with Crippen LogP contribution in [0.25, 0.3) is 0 Å². The largest absolute Gasteiger partial charge is 0.377 e. The minimum atomic E-state index is 0.195. The third kappa shape index (κ3) is 3.16. The van der Waals surface area contributed by atoms with E-state index in [0.717, 1.165) is 19.6 Å². The van der Waals surface area contributed by atoms with E-state index in [2.05, 4.69) is 36.1 Å². The maximum atomic E-state index is 5.84. The lowest BCUT2D eigenvalue weighted by atomic mass is 9.81. The van der Waals surface area contributed by atoms with Crippen molar-refractivity contribution in [1.82, 2.24) is 9.97 Å². The first-order valence-corrected chi connectivity index (χ1v) is 6.20. The second kappa shape index (κ2) is 5.00. The Morgan fingerprint density at radius 1 is 1.35 bits per heavy atom. The SMILES string of the molecule is CC(C)(C)[C@H]1OCC[C@@H]1CNc1ncccn1. The van der Waals surface area contributed by atoms with Crippen LogP contribution in [-0.4, -0.2) is 29.2 Å². The Morgan fingerprint density at radius 2 is 2.06 bits per heavy atom. The van der Waals surface area contributed by atoms with Crippen LogP contribution in [0.1, 0.15) is 27.2 Å². The monoisotopic (exact) mass is 235 g/mol. The molecule has 0 bridgehead atoms. The van der Waals surface area contributed by atoms with Crippen LogP contribution < -0.4 is 5.32 Å². The van der Waals surface area contributed by atoms with Crippen LogP contribution in [0.15, 0.2) is 18.5 Å². The molecule has 0 saturated carbocycles. The van der Waals surface area contributed by atoms with Crippen molar-refractivity contribution in [2.24, 2.45) is 11.3 Å². The Kier molecular flexibility index (Phi) is 3.62. The van der Waals surface area contributed by atoms with Gasteiger partial charge in [0.1, 0.15) is 0 Å². The number of hydrogen-bond donors (Lipinski definition) is 1. The molecular weight excluding hydrogens is 214 g/mol. The molecule has 4 nitrogen and oxygen atoms in total. The molecule has 1 aromatic heterocycles. The van der Waals surface area contributed by atoms with Gasteiger partial charge in [-0.2, -0.15) is 0 Å². The molecule has 0 amide bonds. The molecule has 0 spiro atoms. The summed E-state index contributed by atoms with van der Waals surface area (Å²) in [5.41, 5.74) is 0.195. The minimum Gasteiger partial charge on any atom is -0.377 e. The van der Waals surface area contributed by atoms with Crippen LogP contribution in [0.4, 0.5) is 5.95 Å². The maximum Gasteiger partial charge on any atom is 0.222 e. The number of anilines is 1. The van der Waals surface area contributed by atoms with Crippen LogP contribution in [0.3, 0.4) is 0 Å². The van der Waals surface area contributed by atoms with Crippen LogP contribution in [0.2, 0.25) is 0 Å². The number of nitrogens with one attached hydrogen (secondary N) is 1. The Labute approximate surface area is 103 Å². The van der Waals surface area contributed by atoms with Gasteiger partial charge in [0.25, 0.3) is 0 Å². The Morgan fingerprint density at radius 3 is 2.71 bits per heavy atom. The van der Waals surface area contributed by atoms with Crippen molar-refractivity contribution in [3.8, 4) is 0 Å². The first kappa shape index (κ1) is 12.3. The van der Waals surface area contributed by atoms with Crippen LogP contribution in [-0.2, 0) is 4.74 Å². The molecule has 94 valence electrons. The summed E-state index contributed by atoms with van der Waals surface area (Å²) in [4.78, 5) is 8.33. The summed E-state index contributed by atoms with van der Waals surface area (Å²) in [5, 5.41) is 3.29. The van der Waals surface area contributed by atoms with E-state index in [1.165, 1.54) is 0 Å². The molecule has 17 heavy (non-hydrogen) atoms. The van der Waals surface area contributed by atoms with Gasteiger partial charge in [0.2, 0.25) is 5.95 Å². The van der Waals surface area contributed by atoms with E-state index in [1.807, 2.05) is 6.07 Å². The first-order chi connectivity index (χ1) is 8.07. The molecule has 1 fully saturated rings. The van der Waals surface area contributed by atoms with E-state index in [9.17, 15) is 0 Å². The molecule has 0 aliphatic carbocycles. The molecular formula is C13H21N3O. The van der Waals surface area contributed by atoms with Gasteiger partial charge in [-0.25, -0.2) is 9.97 Å². The number of rotatable bonds is 3. The summed E-state index contributed by atoms with van der Waals surface area (Å²) in [6.45, 7) is 8.44. The summed E-state index contributed by atoms with van der Waals surface area (Å²) in [6.07, 6.45) is 4.93. The quantitative estimate of drug-likeness (QED) is 0.873. The van der Waals surface area contributed by atoms with Gasteiger partial charge in [-0.3, -0.25) is 0 Å². The van der Waals surface area contributed by atoms with E-state index in [1.54, 1.807) is 12.4 Å². The molecule has 0 radical (unpaired) electrons. The van der Waals surface area contributed by atoms with E-state index in [0.29, 0.717) is 18.0 Å². The summed E-state index contributed by atoms with van der Waals surface area (Å²) in [5.74, 6) is 1.24. The van der Waals surface area contributed by atoms with Crippen molar-refractivity contribution in [3.05, 3.63) is 18.5 Å². The zero-order valence-electron chi connectivity index (χ0n) is 10.8. The number of aromatic nitrogens is 2. The summed E-state index contributed by atoms with van der Waals surface area (Å²) < 4.78 is 5.84. The summed E-state index contributed by atoms with van der Waals surface area (Å²) in [6, 6.07) is 1.82. The zero-order chi connectivity index (χ0) is 12.3. The van der Waals surface area contributed by atoms with Crippen molar-refractivity contribution in [2.45, 2.75) is 33.3 Å². The van der Waals surface area contributed by atoms with Gasteiger partial charge in [-0.15, -0.1) is 0 Å². The van der Waals surface area contributed by atoms with Gasteiger partial charge in [-0.1, -0.05) is 20.8 Å². The fourth-order valence-electron chi connectivity index (χ4n) is 2.41. The molecule has 0 aromatic carbocycles. The van der Waals surface area contributed by atoms with Crippen molar-refractivity contribution < 1.29 is 4.74 Å². The first-order valence-electron chi connectivity index (χ1n) is 6.20. The second-order valence-corrected chi connectivity index (χ2v) is 5.66. The highest BCUT2D eigenvalue weighted by Gasteiger charge is 2.36. The van der Waals surface area contributed by atoms with Gasteiger partial charge in [0.15, 0.2) is 0 Å². The van der Waals surface area contributed by atoms with Gasteiger partial charge in [0.05, 0.1) is 6.10 Å². The minimum absolute atomic E-state index is 0.195. The number of ether oxygens (including phenoxy) is 1. The second-order valence-electron chi connectivity index (χ2n) is 5.66. The molecule has 1 aliphatic rings. The molecule has 1 N–H and O–H groups in total. The maximum absolute atomic E-state index is 5.84. The van der Waals surface area contributed by atoms with Crippen molar-refractivity contribution in [3.63, 3.8) is 0 Å². The van der Waals surface area contributed by atoms with Crippen LogP contribution >= 0.6 is 0 Å². The highest BCUT2D eigenvalue weighted by molar-refractivity contribution is 5.22. The molecule has 1 saturated heterocycles. The fraction of sp³-hybridized carbons (Fsp3) is 0.692. The van der Waals surface area contributed by atoms with Gasteiger partial charge in [-0.05, 0) is 17.9 Å². The van der Waals surface area contributed by atoms with Crippen LogP contribution in [0, 0.1) is 11.3 Å². The summed E-state index contributed by atoms with van der Waals surface area (Å²) in [7, 11) is 0. The van der Waals surface area contributed by atoms with Crippen molar-refractivity contribution >= 4 is 5.95 Å². The third-order valence-electron chi connectivity index (χ3n) is 3.16. The average Bonchev–Trinajstić information content (AvgIpc) is 2.75. The lowest BCUT2D eigenvalue weighted by molar-refractivity contribution is 0.00955. The van der Waals surface area contributed by atoms with Gasteiger partial charge in [0, 0.05) is 31.5 Å². The van der Waals surface area contributed by atoms with Gasteiger partial charge >= 0.3 is 0 Å². The smallest absolute Gasteiger partial charge is 0.222 e. The molecule has 4 heteroatoms. The Hall–Kier alpha value is -1.16. The molecule has 2 heterocycles. The predicted molar refractivity (Wildman–Crippen MR) is 67.8 cm³/mol. The fourth-order valence-corrected chi connectivity index (χ4v) is 2.41. The Balaban J connectivity index is 1.91. The van der Waals surface area contributed by atoms with E-state index >= 15 is 0 Å². The standard InChI is InChI=1S/C13H21N3O/c1-13(2,3)11-10(5-8-17-11)9-16-12-14-6-4-7-15-12/h4,6-7,10-11H,5,8-9H2,1-3H3,(H,14,15,16)/t10-,11+/m1/s1. The summed E-state index contributed by atoms with van der Waals surface area (Å²) >= 11 is 0. The molecule has 2 rings (SSSR count). The van der Waals surface area contributed by atoms with Crippen LogP contribution in [0.5, 0.6) is 0 Å². The molecule has 0 unspecified atom stereocenters. The predicted octanol–water partition coefficient (Wildman–Crippen LogP) is 2.34. The van der Waals surface area contributed by atoms with Gasteiger partial charge < -0.3 is 10.1 Å². The zero-order valence-corrected chi connectivity index (χ0v) is 10.8. The van der Waals surface area contributed by atoms with Crippen molar-refractivity contribution in [1.29, 1.82) is 0 Å². The number of nitrogens with zero attached hydrogens (tertiary/aromatic N) is 2.